The van der Waals surface area contributed by atoms with Crippen molar-refractivity contribution in [1.82, 2.24) is 4.72 Å². The Morgan fingerprint density at radius 1 is 0.964 bits per heavy atom. The molecule has 0 aliphatic carbocycles. The number of hydrogen-bond donors (Lipinski definition) is 3. The van der Waals surface area contributed by atoms with Crippen LogP contribution in [0.5, 0.6) is 0 Å². The smallest absolute Gasteiger partial charge is 0.308 e. The highest BCUT2D eigenvalue weighted by molar-refractivity contribution is 7.91. The standard InChI is InChI=1S/C20H26N2O5S/c1-14(23)18(24)19(25)22(28(26,27)21-20(2,3)4)17-12-10-16(11-13-17)15-8-6-5-7-9-15/h5-14,18,21,23-24H,1-4H3. The molecular weight excluding hydrogens is 380 g/mol. The van der Waals surface area contributed by atoms with Crippen LogP contribution < -0.4 is 9.03 Å². The van der Waals surface area contributed by atoms with Crippen molar-refractivity contribution >= 4 is 21.8 Å². The van der Waals surface area contributed by atoms with Gasteiger partial charge in [0.2, 0.25) is 0 Å². The summed E-state index contributed by atoms with van der Waals surface area (Å²) in [5, 5.41) is 19.6. The maximum atomic E-state index is 12.9. The summed E-state index contributed by atoms with van der Waals surface area (Å²) in [4.78, 5) is 12.7. The number of anilines is 1. The van der Waals surface area contributed by atoms with Gasteiger partial charge in [-0.25, -0.2) is 0 Å². The monoisotopic (exact) mass is 406 g/mol. The Hall–Kier alpha value is -2.26. The lowest BCUT2D eigenvalue weighted by Gasteiger charge is -2.29. The number of benzene rings is 2. The Morgan fingerprint density at radius 2 is 1.46 bits per heavy atom. The zero-order chi connectivity index (χ0) is 21.1. The topological polar surface area (TPSA) is 107 Å². The van der Waals surface area contributed by atoms with Crippen LogP contribution >= 0.6 is 0 Å². The maximum Gasteiger partial charge on any atom is 0.308 e. The van der Waals surface area contributed by atoms with E-state index in [1.807, 2.05) is 30.3 Å². The van der Waals surface area contributed by atoms with E-state index >= 15 is 0 Å². The van der Waals surface area contributed by atoms with Crippen molar-refractivity contribution in [3.05, 3.63) is 54.6 Å². The molecule has 2 aromatic rings. The van der Waals surface area contributed by atoms with Gasteiger partial charge in [0.05, 0.1) is 11.8 Å². The first-order valence-corrected chi connectivity index (χ1v) is 10.3. The first-order valence-electron chi connectivity index (χ1n) is 8.82. The van der Waals surface area contributed by atoms with Crippen molar-refractivity contribution < 1.29 is 23.4 Å². The van der Waals surface area contributed by atoms with Crippen LogP contribution in [0, 0.1) is 0 Å². The van der Waals surface area contributed by atoms with Crippen LogP contribution in [0.2, 0.25) is 0 Å². The van der Waals surface area contributed by atoms with Crippen molar-refractivity contribution in [2.24, 2.45) is 0 Å². The average molecular weight is 407 g/mol. The van der Waals surface area contributed by atoms with Gasteiger partial charge in [-0.05, 0) is 51.0 Å². The van der Waals surface area contributed by atoms with E-state index in [2.05, 4.69) is 4.72 Å². The summed E-state index contributed by atoms with van der Waals surface area (Å²) < 4.78 is 28.6. The first-order chi connectivity index (χ1) is 12.9. The number of aliphatic hydroxyl groups is 2. The molecule has 0 aromatic heterocycles. The molecule has 0 fully saturated rings. The molecule has 152 valence electrons. The Labute approximate surface area is 165 Å². The second kappa shape index (κ2) is 8.40. The van der Waals surface area contributed by atoms with Gasteiger partial charge in [0.25, 0.3) is 5.91 Å². The van der Waals surface area contributed by atoms with Gasteiger partial charge in [0.15, 0.2) is 6.10 Å². The highest BCUT2D eigenvalue weighted by Gasteiger charge is 2.37. The van der Waals surface area contributed by atoms with Crippen molar-refractivity contribution in [3.8, 4) is 11.1 Å². The Kier molecular flexibility index (Phi) is 6.61. The average Bonchev–Trinajstić information content (AvgIpc) is 2.60. The van der Waals surface area contributed by atoms with Gasteiger partial charge in [0.1, 0.15) is 0 Å². The van der Waals surface area contributed by atoms with Gasteiger partial charge in [-0.15, -0.1) is 0 Å². The first kappa shape index (κ1) is 22.0. The minimum atomic E-state index is -4.33. The van der Waals surface area contributed by atoms with Crippen LogP contribution in [0.4, 0.5) is 5.69 Å². The lowest BCUT2D eigenvalue weighted by Crippen LogP contribution is -2.55. The van der Waals surface area contributed by atoms with Crippen LogP contribution in [-0.4, -0.2) is 42.3 Å². The van der Waals surface area contributed by atoms with E-state index in [0.29, 0.717) is 4.31 Å². The van der Waals surface area contributed by atoms with E-state index in [4.69, 9.17) is 0 Å². The molecule has 0 aliphatic heterocycles. The Morgan fingerprint density at radius 3 is 1.93 bits per heavy atom. The van der Waals surface area contributed by atoms with Gasteiger partial charge in [-0.2, -0.15) is 17.4 Å². The molecule has 0 saturated heterocycles. The second-order valence-electron chi connectivity index (χ2n) is 7.56. The normalized spacial score (nSPS) is 14.4. The number of amides is 1. The van der Waals surface area contributed by atoms with E-state index in [-0.39, 0.29) is 5.69 Å². The molecule has 0 radical (unpaired) electrons. The lowest BCUT2D eigenvalue weighted by atomic mass is 10.1. The van der Waals surface area contributed by atoms with E-state index in [1.54, 1.807) is 32.9 Å². The predicted molar refractivity (Wildman–Crippen MR) is 109 cm³/mol. The number of carbonyl (C=O) groups excluding carboxylic acids is 1. The zero-order valence-corrected chi connectivity index (χ0v) is 17.1. The van der Waals surface area contributed by atoms with Crippen molar-refractivity contribution in [3.63, 3.8) is 0 Å². The van der Waals surface area contributed by atoms with Gasteiger partial charge < -0.3 is 10.2 Å². The van der Waals surface area contributed by atoms with Gasteiger partial charge in [0, 0.05) is 5.54 Å². The molecule has 7 nitrogen and oxygen atoms in total. The molecule has 0 saturated carbocycles. The fourth-order valence-electron chi connectivity index (χ4n) is 2.56. The third-order valence-corrected chi connectivity index (χ3v) is 5.54. The Balaban J connectivity index is 2.48. The SMILES string of the molecule is CC(O)C(O)C(=O)N(c1ccc(-c2ccccc2)cc1)S(=O)(=O)NC(C)(C)C. The summed E-state index contributed by atoms with van der Waals surface area (Å²) in [7, 11) is -4.33. The van der Waals surface area contributed by atoms with E-state index in [1.165, 1.54) is 19.1 Å². The number of hydrogen-bond acceptors (Lipinski definition) is 5. The fraction of sp³-hybridized carbons (Fsp3) is 0.350. The van der Waals surface area contributed by atoms with E-state index in [0.717, 1.165) is 11.1 Å². The molecule has 2 aromatic carbocycles. The number of carbonyl (C=O) groups is 1. The number of aliphatic hydroxyl groups excluding tert-OH is 2. The summed E-state index contributed by atoms with van der Waals surface area (Å²) >= 11 is 0. The van der Waals surface area contributed by atoms with Gasteiger partial charge in [-0.3, -0.25) is 4.79 Å². The Bertz CT molecular complexity index is 904. The molecule has 2 rings (SSSR count). The van der Waals surface area contributed by atoms with Crippen molar-refractivity contribution in [2.75, 3.05) is 4.31 Å². The number of rotatable bonds is 6. The molecule has 0 bridgehead atoms. The van der Waals surface area contributed by atoms with Crippen LogP contribution in [0.3, 0.4) is 0 Å². The van der Waals surface area contributed by atoms with Crippen LogP contribution in [0.1, 0.15) is 27.7 Å². The molecule has 3 N–H and O–H groups in total. The lowest BCUT2D eigenvalue weighted by molar-refractivity contribution is -0.130. The number of nitrogens with zero attached hydrogens (tertiary/aromatic N) is 1. The molecule has 0 heterocycles. The van der Waals surface area contributed by atoms with E-state index < -0.39 is 33.9 Å². The molecular formula is C20H26N2O5S. The van der Waals surface area contributed by atoms with Crippen LogP contribution in [0.15, 0.2) is 54.6 Å². The molecule has 8 heteroatoms. The summed E-state index contributed by atoms with van der Waals surface area (Å²) in [5.74, 6) is -1.14. The molecule has 2 unspecified atom stereocenters. The summed E-state index contributed by atoms with van der Waals surface area (Å²) in [5.41, 5.74) is 0.985. The molecule has 2 atom stereocenters. The minimum absolute atomic E-state index is 0.0566. The fourth-order valence-corrected chi connectivity index (χ4v) is 4.17. The highest BCUT2D eigenvalue weighted by Crippen LogP contribution is 2.26. The second-order valence-corrected chi connectivity index (χ2v) is 9.08. The molecule has 0 aliphatic rings. The van der Waals surface area contributed by atoms with Crippen molar-refractivity contribution in [2.45, 2.75) is 45.4 Å². The summed E-state index contributed by atoms with van der Waals surface area (Å²) in [6.07, 6.45) is -3.31. The maximum absolute atomic E-state index is 12.9. The van der Waals surface area contributed by atoms with Gasteiger partial charge >= 0.3 is 10.2 Å². The third-order valence-electron chi connectivity index (χ3n) is 3.79. The highest BCUT2D eigenvalue weighted by atomic mass is 32.2. The minimum Gasteiger partial charge on any atom is -0.390 e. The number of nitrogens with one attached hydrogen (secondary N) is 1. The van der Waals surface area contributed by atoms with Crippen molar-refractivity contribution in [1.29, 1.82) is 0 Å². The van der Waals surface area contributed by atoms with E-state index in [9.17, 15) is 23.4 Å². The molecule has 0 spiro atoms. The summed E-state index contributed by atoms with van der Waals surface area (Å²) in [6, 6.07) is 15.8. The van der Waals surface area contributed by atoms with Crippen LogP contribution in [-0.2, 0) is 15.0 Å². The third kappa shape index (κ3) is 5.39. The quantitative estimate of drug-likeness (QED) is 0.681. The zero-order valence-electron chi connectivity index (χ0n) is 16.3. The predicted octanol–water partition coefficient (Wildman–Crippen LogP) is 2.06. The van der Waals surface area contributed by atoms with Gasteiger partial charge in [-0.1, -0.05) is 42.5 Å². The van der Waals surface area contributed by atoms with Crippen LogP contribution in [0.25, 0.3) is 11.1 Å². The molecule has 28 heavy (non-hydrogen) atoms. The largest absolute Gasteiger partial charge is 0.390 e. The summed E-state index contributed by atoms with van der Waals surface area (Å²) in [6.45, 7) is 6.12. The molecule has 1 amide bonds.